The summed E-state index contributed by atoms with van der Waals surface area (Å²) in [6.07, 6.45) is 0.922. The van der Waals surface area contributed by atoms with Gasteiger partial charge in [-0.2, -0.15) is 0 Å². The van der Waals surface area contributed by atoms with E-state index in [9.17, 15) is 0 Å². The molecule has 0 bridgehead atoms. The molecule has 0 saturated heterocycles. The molecule has 0 saturated carbocycles. The van der Waals surface area contributed by atoms with E-state index in [0.29, 0.717) is 0 Å². The number of hydrogen-bond acceptors (Lipinski definition) is 5. The predicted molar refractivity (Wildman–Crippen MR) is 122 cm³/mol. The summed E-state index contributed by atoms with van der Waals surface area (Å²) in [6, 6.07) is 24.4. The first kappa shape index (κ1) is 19.5. The van der Waals surface area contributed by atoms with Crippen LogP contribution in [0.3, 0.4) is 0 Å². The van der Waals surface area contributed by atoms with Gasteiger partial charge in [-0.1, -0.05) is 30.3 Å². The van der Waals surface area contributed by atoms with Crippen LogP contribution in [0.4, 0.5) is 5.69 Å². The first-order chi connectivity index (χ1) is 15.3. The lowest BCUT2D eigenvalue weighted by Crippen LogP contribution is -2.17. The minimum atomic E-state index is 0.272. The Hall–Kier alpha value is -3.51. The van der Waals surface area contributed by atoms with E-state index in [1.54, 1.807) is 18.4 Å². The lowest BCUT2D eigenvalue weighted by atomic mass is 10.1. The summed E-state index contributed by atoms with van der Waals surface area (Å²) in [5.74, 6) is 2.40. The molecular weight excluding hydrogens is 408 g/mol. The molecule has 0 radical (unpaired) electrons. The van der Waals surface area contributed by atoms with E-state index in [0.717, 1.165) is 52.0 Å². The normalized spacial score (nSPS) is 12.9. The molecule has 0 atom stereocenters. The summed E-state index contributed by atoms with van der Waals surface area (Å²) < 4.78 is 18.6. The van der Waals surface area contributed by atoms with Crippen molar-refractivity contribution in [3.8, 4) is 28.5 Å². The van der Waals surface area contributed by atoms with Crippen LogP contribution in [0.5, 0.6) is 17.2 Å². The fourth-order valence-corrected chi connectivity index (χ4v) is 4.53. The number of methoxy groups -OCH3 is 1. The minimum Gasteiger partial charge on any atom is -0.497 e. The Kier molecular flexibility index (Phi) is 5.46. The summed E-state index contributed by atoms with van der Waals surface area (Å²) in [5, 5.41) is 2.16. The largest absolute Gasteiger partial charge is 0.497 e. The second kappa shape index (κ2) is 8.70. The van der Waals surface area contributed by atoms with Gasteiger partial charge < -0.3 is 18.8 Å². The number of aromatic nitrogens is 1. The topological polar surface area (TPSA) is 45.0 Å². The van der Waals surface area contributed by atoms with Crippen LogP contribution in [-0.2, 0) is 13.0 Å². The summed E-state index contributed by atoms with van der Waals surface area (Å²) in [7, 11) is 1.67. The first-order valence-corrected chi connectivity index (χ1v) is 11.0. The second-order valence-corrected chi connectivity index (χ2v) is 8.01. The average molecular weight is 431 g/mol. The van der Waals surface area contributed by atoms with E-state index in [1.165, 1.54) is 5.56 Å². The third kappa shape index (κ3) is 4.20. The Balaban J connectivity index is 1.54. The van der Waals surface area contributed by atoms with E-state index in [-0.39, 0.29) is 6.79 Å². The highest BCUT2D eigenvalue weighted by molar-refractivity contribution is 7.07. The van der Waals surface area contributed by atoms with Crippen LogP contribution in [0.25, 0.3) is 11.3 Å². The molecule has 1 aliphatic rings. The van der Waals surface area contributed by atoms with Crippen LogP contribution >= 0.6 is 11.3 Å². The summed E-state index contributed by atoms with van der Waals surface area (Å²) >= 11 is 1.64. The van der Waals surface area contributed by atoms with Crippen molar-refractivity contribution in [2.75, 3.05) is 13.9 Å². The zero-order valence-electron chi connectivity index (χ0n) is 17.2. The van der Waals surface area contributed by atoms with Gasteiger partial charge in [0.05, 0.1) is 18.5 Å². The summed E-state index contributed by atoms with van der Waals surface area (Å²) in [6.45, 7) is 1.10. The number of aryl methyl sites for hydroxylation is 1. The molecule has 4 aromatic rings. The Labute approximate surface area is 184 Å². The van der Waals surface area contributed by atoms with Crippen molar-refractivity contribution < 1.29 is 14.2 Å². The van der Waals surface area contributed by atoms with Crippen LogP contribution in [0.15, 0.2) is 83.2 Å². The van der Waals surface area contributed by atoms with Crippen molar-refractivity contribution in [1.29, 1.82) is 0 Å². The van der Waals surface area contributed by atoms with Gasteiger partial charge in [-0.25, -0.2) is 4.99 Å². The van der Waals surface area contributed by atoms with Crippen LogP contribution in [0.1, 0.15) is 5.56 Å². The lowest BCUT2D eigenvalue weighted by molar-refractivity contribution is 0.174. The van der Waals surface area contributed by atoms with Crippen LogP contribution in [0, 0.1) is 0 Å². The van der Waals surface area contributed by atoms with Gasteiger partial charge in [-0.3, -0.25) is 0 Å². The van der Waals surface area contributed by atoms with E-state index < -0.39 is 0 Å². The lowest BCUT2D eigenvalue weighted by Gasteiger charge is -2.10. The maximum absolute atomic E-state index is 5.59. The molecule has 0 N–H and O–H groups in total. The van der Waals surface area contributed by atoms with E-state index in [2.05, 4.69) is 40.3 Å². The molecular formula is C25H22N2O3S. The SMILES string of the molecule is COc1ccc(N=c2scc(-c3ccc4c(c3)OCO4)n2CCc2ccccc2)cc1. The maximum atomic E-state index is 5.59. The van der Waals surface area contributed by atoms with Crippen molar-refractivity contribution in [2.45, 2.75) is 13.0 Å². The number of ether oxygens (including phenoxy) is 3. The zero-order valence-corrected chi connectivity index (χ0v) is 18.0. The highest BCUT2D eigenvalue weighted by atomic mass is 32.1. The van der Waals surface area contributed by atoms with Crippen molar-refractivity contribution in [2.24, 2.45) is 4.99 Å². The Morgan fingerprint density at radius 2 is 1.77 bits per heavy atom. The number of fused-ring (bicyclic) bond motifs is 1. The van der Waals surface area contributed by atoms with Gasteiger partial charge in [-0.05, 0) is 54.4 Å². The molecule has 31 heavy (non-hydrogen) atoms. The van der Waals surface area contributed by atoms with Gasteiger partial charge in [0.15, 0.2) is 16.3 Å². The van der Waals surface area contributed by atoms with Crippen LogP contribution in [-0.4, -0.2) is 18.5 Å². The van der Waals surface area contributed by atoms with E-state index in [4.69, 9.17) is 19.2 Å². The second-order valence-electron chi connectivity index (χ2n) is 7.17. The molecule has 3 aromatic carbocycles. The number of hydrogen-bond donors (Lipinski definition) is 0. The summed E-state index contributed by atoms with van der Waals surface area (Å²) in [4.78, 5) is 5.87. The van der Waals surface area contributed by atoms with E-state index in [1.807, 2.05) is 42.5 Å². The van der Waals surface area contributed by atoms with Crippen molar-refractivity contribution in [1.82, 2.24) is 4.57 Å². The Morgan fingerprint density at radius 1 is 0.968 bits per heavy atom. The van der Waals surface area contributed by atoms with Crippen molar-refractivity contribution in [3.63, 3.8) is 0 Å². The van der Waals surface area contributed by atoms with Gasteiger partial charge >= 0.3 is 0 Å². The van der Waals surface area contributed by atoms with Crippen molar-refractivity contribution in [3.05, 3.63) is 88.5 Å². The standard InChI is InChI=1S/C25H22N2O3S/c1-28-21-10-8-20(9-11-21)26-25-27(14-13-18-5-3-2-4-6-18)22(16-31-25)19-7-12-23-24(15-19)30-17-29-23/h2-12,15-16H,13-14,17H2,1H3. The molecule has 0 fully saturated rings. The smallest absolute Gasteiger partial charge is 0.231 e. The third-order valence-electron chi connectivity index (χ3n) is 5.23. The highest BCUT2D eigenvalue weighted by Gasteiger charge is 2.16. The molecule has 1 aliphatic heterocycles. The van der Waals surface area contributed by atoms with Crippen LogP contribution < -0.4 is 19.0 Å². The fourth-order valence-electron chi connectivity index (χ4n) is 3.57. The first-order valence-electron chi connectivity index (χ1n) is 10.1. The molecule has 5 nitrogen and oxygen atoms in total. The molecule has 0 amide bonds. The number of nitrogens with zero attached hydrogens (tertiary/aromatic N) is 2. The average Bonchev–Trinajstić information content (AvgIpc) is 3.45. The fraction of sp³-hybridized carbons (Fsp3) is 0.160. The molecule has 0 spiro atoms. The molecule has 5 rings (SSSR count). The Bertz CT molecular complexity index is 1240. The van der Waals surface area contributed by atoms with Crippen molar-refractivity contribution >= 4 is 17.0 Å². The molecule has 1 aromatic heterocycles. The number of rotatable bonds is 6. The zero-order chi connectivity index (χ0) is 21.0. The van der Waals surface area contributed by atoms with Gasteiger partial charge in [0.1, 0.15) is 5.75 Å². The summed E-state index contributed by atoms with van der Waals surface area (Å²) in [5.41, 5.74) is 4.40. The minimum absolute atomic E-state index is 0.272. The molecule has 0 aliphatic carbocycles. The van der Waals surface area contributed by atoms with Gasteiger partial charge in [0.2, 0.25) is 6.79 Å². The van der Waals surface area contributed by atoms with Gasteiger partial charge in [-0.15, -0.1) is 11.3 Å². The van der Waals surface area contributed by atoms with E-state index >= 15 is 0 Å². The van der Waals surface area contributed by atoms with Gasteiger partial charge in [0, 0.05) is 17.5 Å². The number of benzene rings is 3. The Morgan fingerprint density at radius 3 is 2.58 bits per heavy atom. The third-order valence-corrected chi connectivity index (χ3v) is 6.09. The van der Waals surface area contributed by atoms with Crippen LogP contribution in [0.2, 0.25) is 0 Å². The monoisotopic (exact) mass is 430 g/mol. The molecule has 2 heterocycles. The molecule has 6 heteroatoms. The highest BCUT2D eigenvalue weighted by Crippen LogP contribution is 2.36. The predicted octanol–water partition coefficient (Wildman–Crippen LogP) is 5.43. The quantitative estimate of drug-likeness (QED) is 0.410. The maximum Gasteiger partial charge on any atom is 0.231 e. The molecule has 156 valence electrons. The number of thiazole rings is 1. The van der Waals surface area contributed by atoms with Gasteiger partial charge in [0.25, 0.3) is 0 Å². The molecule has 0 unspecified atom stereocenters.